The zero-order chi connectivity index (χ0) is 18.9. The van der Waals surface area contributed by atoms with Crippen molar-refractivity contribution in [3.63, 3.8) is 0 Å². The summed E-state index contributed by atoms with van der Waals surface area (Å²) in [4.78, 5) is 22.2. The Morgan fingerprint density at radius 2 is 2.07 bits per heavy atom. The maximum absolute atomic E-state index is 13.4. The van der Waals surface area contributed by atoms with Gasteiger partial charge in [0, 0.05) is 39.0 Å². The molecule has 27 heavy (non-hydrogen) atoms. The number of pyridine rings is 1. The molecule has 4 rings (SSSR count). The van der Waals surface area contributed by atoms with E-state index in [1.54, 1.807) is 25.4 Å². The summed E-state index contributed by atoms with van der Waals surface area (Å²) in [6, 6.07) is 6.20. The molecule has 0 aromatic carbocycles. The van der Waals surface area contributed by atoms with Gasteiger partial charge in [0.2, 0.25) is 5.91 Å². The van der Waals surface area contributed by atoms with E-state index in [1.165, 1.54) is 0 Å². The Bertz CT molecular complexity index is 738. The van der Waals surface area contributed by atoms with E-state index in [1.807, 2.05) is 0 Å². The fourth-order valence-electron chi connectivity index (χ4n) is 5.22. The number of hydrogen-bond acceptors (Lipinski definition) is 5. The molecule has 6 nitrogen and oxygen atoms in total. The molecular weight excluding hydrogens is 340 g/mol. The Morgan fingerprint density at radius 3 is 2.81 bits per heavy atom. The molecule has 3 aliphatic rings. The largest absolute Gasteiger partial charge is 0.381 e. The first-order valence-electron chi connectivity index (χ1n) is 10.1. The number of aromatic nitrogens is 1. The van der Waals surface area contributed by atoms with Crippen LogP contribution in [0.1, 0.15) is 50.5 Å². The normalized spacial score (nSPS) is 31.3. The first-order chi connectivity index (χ1) is 13.2. The number of nitrogens with zero attached hydrogens (tertiary/aromatic N) is 4. The minimum atomic E-state index is -0.305. The van der Waals surface area contributed by atoms with E-state index >= 15 is 0 Å². The molecule has 1 aromatic rings. The molecule has 1 saturated carbocycles. The lowest BCUT2D eigenvalue weighted by atomic mass is 9.78. The van der Waals surface area contributed by atoms with Crippen molar-refractivity contribution in [3.8, 4) is 6.07 Å². The molecule has 6 heteroatoms. The molecule has 3 fully saturated rings. The molecule has 144 valence electrons. The highest BCUT2D eigenvalue weighted by atomic mass is 16.5. The number of piperidine rings is 1. The fraction of sp³-hybridized carbons (Fsp3) is 0.667. The summed E-state index contributed by atoms with van der Waals surface area (Å²) in [6.07, 6.45) is 9.10. The summed E-state index contributed by atoms with van der Waals surface area (Å²) in [6.45, 7) is 2.41. The number of carbonyl (C=O) groups is 1. The Morgan fingerprint density at radius 1 is 1.26 bits per heavy atom. The predicted molar refractivity (Wildman–Crippen MR) is 102 cm³/mol. The minimum absolute atomic E-state index is 0.305. The van der Waals surface area contributed by atoms with Gasteiger partial charge in [0.15, 0.2) is 0 Å². The number of nitriles is 1. The molecule has 0 bridgehead atoms. The Hall–Kier alpha value is -2.13. The highest BCUT2D eigenvalue weighted by Crippen LogP contribution is 2.43. The van der Waals surface area contributed by atoms with Gasteiger partial charge < -0.3 is 14.5 Å². The number of amides is 1. The van der Waals surface area contributed by atoms with Crippen molar-refractivity contribution in [1.82, 2.24) is 9.88 Å². The SMILES string of the molecule is CO[C@H]1CC[C@H](N2CC[C@]3(CCCN(c4ncccc4C#N)C3)C2=O)CC1. The topological polar surface area (TPSA) is 69.5 Å². The number of carbonyl (C=O) groups excluding carboxylic acids is 1. The molecule has 0 unspecified atom stereocenters. The van der Waals surface area contributed by atoms with Crippen molar-refractivity contribution in [2.24, 2.45) is 5.41 Å². The smallest absolute Gasteiger partial charge is 0.230 e. The zero-order valence-electron chi connectivity index (χ0n) is 16.1. The standard InChI is InChI=1S/C21H28N4O2/c1-27-18-7-5-17(6-8-18)25-13-10-21(20(25)26)9-3-12-24(15-21)19-16(14-22)4-2-11-23-19/h2,4,11,17-18H,3,5-10,12-13,15H2,1H3/t17-,18-,21-/m0/s1. The molecule has 3 heterocycles. The third-order valence-corrected chi connectivity index (χ3v) is 6.75. The van der Waals surface area contributed by atoms with Crippen LogP contribution in [0.4, 0.5) is 5.82 Å². The molecule has 1 atom stereocenters. The van der Waals surface area contributed by atoms with Gasteiger partial charge in [-0.1, -0.05) is 0 Å². The van der Waals surface area contributed by atoms with Crippen LogP contribution >= 0.6 is 0 Å². The van der Waals surface area contributed by atoms with E-state index in [2.05, 4.69) is 20.9 Å². The molecular formula is C21H28N4O2. The Balaban J connectivity index is 1.49. The van der Waals surface area contributed by atoms with Crippen molar-refractivity contribution in [2.45, 2.75) is 57.1 Å². The van der Waals surface area contributed by atoms with E-state index < -0.39 is 0 Å². The number of rotatable bonds is 3. The lowest BCUT2D eigenvalue weighted by molar-refractivity contribution is -0.139. The summed E-state index contributed by atoms with van der Waals surface area (Å²) in [5.41, 5.74) is 0.287. The Labute approximate surface area is 161 Å². The molecule has 1 aromatic heterocycles. The van der Waals surface area contributed by atoms with Crippen LogP contribution in [0, 0.1) is 16.7 Å². The maximum Gasteiger partial charge on any atom is 0.230 e. The maximum atomic E-state index is 13.4. The van der Waals surface area contributed by atoms with Gasteiger partial charge in [-0.15, -0.1) is 0 Å². The van der Waals surface area contributed by atoms with Gasteiger partial charge in [0.25, 0.3) is 0 Å². The fourth-order valence-corrected chi connectivity index (χ4v) is 5.22. The van der Waals surface area contributed by atoms with Crippen molar-refractivity contribution < 1.29 is 9.53 Å². The van der Waals surface area contributed by atoms with Crippen LogP contribution in [-0.2, 0) is 9.53 Å². The van der Waals surface area contributed by atoms with Crippen LogP contribution in [-0.4, -0.2) is 54.7 Å². The number of methoxy groups -OCH3 is 1. The van der Waals surface area contributed by atoms with Crippen LogP contribution in [0.2, 0.25) is 0 Å². The number of likely N-dealkylation sites (tertiary alicyclic amines) is 1. The van der Waals surface area contributed by atoms with Crippen molar-refractivity contribution in [3.05, 3.63) is 23.9 Å². The van der Waals surface area contributed by atoms with Crippen LogP contribution in [0.5, 0.6) is 0 Å². The molecule has 1 spiro atoms. The molecule has 1 aliphatic carbocycles. The minimum Gasteiger partial charge on any atom is -0.381 e. The van der Waals surface area contributed by atoms with Crippen LogP contribution in [0.3, 0.4) is 0 Å². The summed E-state index contributed by atoms with van der Waals surface area (Å²) in [7, 11) is 1.78. The van der Waals surface area contributed by atoms with Gasteiger partial charge >= 0.3 is 0 Å². The second-order valence-electron chi connectivity index (χ2n) is 8.21. The number of ether oxygens (including phenoxy) is 1. The quantitative estimate of drug-likeness (QED) is 0.820. The average molecular weight is 368 g/mol. The first kappa shape index (κ1) is 18.2. The summed E-state index contributed by atoms with van der Waals surface area (Å²) in [5, 5.41) is 9.41. The second kappa shape index (κ2) is 7.47. The Kier molecular flexibility index (Phi) is 5.05. The monoisotopic (exact) mass is 368 g/mol. The van der Waals surface area contributed by atoms with Gasteiger partial charge in [-0.25, -0.2) is 4.98 Å². The zero-order valence-corrected chi connectivity index (χ0v) is 16.1. The highest BCUT2D eigenvalue weighted by molar-refractivity contribution is 5.86. The predicted octanol–water partition coefficient (Wildman–Crippen LogP) is 2.73. The van der Waals surface area contributed by atoms with Crippen molar-refractivity contribution in [2.75, 3.05) is 31.6 Å². The number of anilines is 1. The van der Waals surface area contributed by atoms with Crippen molar-refractivity contribution >= 4 is 11.7 Å². The van der Waals surface area contributed by atoms with Gasteiger partial charge in [-0.05, 0) is 57.1 Å². The van der Waals surface area contributed by atoms with Gasteiger partial charge in [-0.2, -0.15) is 5.26 Å². The van der Waals surface area contributed by atoms with Crippen LogP contribution < -0.4 is 4.90 Å². The van der Waals surface area contributed by atoms with E-state index in [0.29, 0.717) is 30.2 Å². The van der Waals surface area contributed by atoms with E-state index in [-0.39, 0.29) is 5.41 Å². The lowest BCUT2D eigenvalue weighted by Crippen LogP contribution is -2.50. The molecule has 0 radical (unpaired) electrons. The van der Waals surface area contributed by atoms with E-state index in [0.717, 1.165) is 63.9 Å². The summed E-state index contributed by atoms with van der Waals surface area (Å²) < 4.78 is 5.48. The van der Waals surface area contributed by atoms with Gasteiger partial charge in [0.1, 0.15) is 11.9 Å². The molecule has 2 saturated heterocycles. The third kappa shape index (κ3) is 3.29. The summed E-state index contributed by atoms with van der Waals surface area (Å²) in [5.74, 6) is 1.05. The lowest BCUT2D eigenvalue weighted by Gasteiger charge is -2.41. The average Bonchev–Trinajstić information content (AvgIpc) is 3.03. The van der Waals surface area contributed by atoms with Gasteiger partial charge in [0.05, 0.1) is 17.1 Å². The van der Waals surface area contributed by atoms with Gasteiger partial charge in [-0.3, -0.25) is 4.79 Å². The number of hydrogen-bond donors (Lipinski definition) is 0. The summed E-state index contributed by atoms with van der Waals surface area (Å²) >= 11 is 0. The van der Waals surface area contributed by atoms with E-state index in [4.69, 9.17) is 4.74 Å². The van der Waals surface area contributed by atoms with Crippen LogP contribution in [0.15, 0.2) is 18.3 Å². The highest BCUT2D eigenvalue weighted by Gasteiger charge is 2.51. The second-order valence-corrected chi connectivity index (χ2v) is 8.21. The van der Waals surface area contributed by atoms with Crippen molar-refractivity contribution in [1.29, 1.82) is 5.26 Å². The molecule has 2 aliphatic heterocycles. The third-order valence-electron chi connectivity index (χ3n) is 6.75. The molecule has 1 amide bonds. The van der Waals surface area contributed by atoms with E-state index in [9.17, 15) is 10.1 Å². The van der Waals surface area contributed by atoms with Crippen LogP contribution in [0.25, 0.3) is 0 Å². The molecule has 0 N–H and O–H groups in total. The first-order valence-corrected chi connectivity index (χ1v) is 10.1.